The Balaban J connectivity index is 1.78. The van der Waals surface area contributed by atoms with E-state index in [4.69, 9.17) is 4.74 Å². The van der Waals surface area contributed by atoms with Crippen molar-refractivity contribution in [2.75, 3.05) is 0 Å². The van der Waals surface area contributed by atoms with Gasteiger partial charge in [-0.2, -0.15) is 0 Å². The summed E-state index contributed by atoms with van der Waals surface area (Å²) in [5.74, 6) is -2.71. The van der Waals surface area contributed by atoms with Crippen LogP contribution in [-0.4, -0.2) is 35.2 Å². The summed E-state index contributed by atoms with van der Waals surface area (Å²) in [6.07, 6.45) is -0.753. The van der Waals surface area contributed by atoms with E-state index in [-0.39, 0.29) is 12.5 Å². The molecule has 2 amide bonds. The normalized spacial score (nSPS) is 12.6. The van der Waals surface area contributed by atoms with Crippen molar-refractivity contribution in [3.8, 4) is 0 Å². The van der Waals surface area contributed by atoms with E-state index in [1.807, 2.05) is 91.0 Å². The van der Waals surface area contributed by atoms with Gasteiger partial charge >= 0.3 is 12.1 Å². The molecule has 0 unspecified atom stereocenters. The Morgan fingerprint density at radius 1 is 0.743 bits per heavy atom. The Bertz CT molecular complexity index is 1060. The highest BCUT2D eigenvalue weighted by atomic mass is 16.5. The molecule has 35 heavy (non-hydrogen) atoms. The van der Waals surface area contributed by atoms with Crippen LogP contribution >= 0.6 is 0 Å². The number of aliphatic carboxylic acids is 1. The molecule has 0 heterocycles. The summed E-state index contributed by atoms with van der Waals surface area (Å²) in [6.45, 7) is 3.59. The molecular weight excluding hydrogens is 444 g/mol. The lowest BCUT2D eigenvalue weighted by molar-refractivity contribution is -0.142. The molecule has 3 rings (SSSR count). The maximum atomic E-state index is 13.2. The van der Waals surface area contributed by atoms with Gasteiger partial charge in [0.1, 0.15) is 18.7 Å². The van der Waals surface area contributed by atoms with Crippen molar-refractivity contribution in [2.45, 2.75) is 38.5 Å². The number of hydrogen-bond donors (Lipinski definition) is 3. The van der Waals surface area contributed by atoms with Crippen LogP contribution in [0.15, 0.2) is 91.0 Å². The number of rotatable bonds is 10. The molecule has 2 atom stereocenters. The number of carboxylic acid groups (broad SMARTS) is 1. The Hall–Kier alpha value is -4.13. The maximum Gasteiger partial charge on any atom is 0.408 e. The topological polar surface area (TPSA) is 105 Å². The number of hydrogen-bond acceptors (Lipinski definition) is 4. The van der Waals surface area contributed by atoms with Gasteiger partial charge < -0.3 is 20.5 Å². The standard InChI is InChI=1S/C28H30N2O5/c1-19(2)24(30-28(34)35-18-20-12-6-3-7-13-20)26(31)29-25(27(32)33)23(21-14-8-4-9-15-21)22-16-10-5-11-17-22/h3-17,19,23-25H,18H2,1-2H3,(H,29,31)(H,30,34)(H,32,33)/t24-,25+/m1/s1. The third-order valence-electron chi connectivity index (χ3n) is 5.65. The van der Waals surface area contributed by atoms with E-state index in [1.165, 1.54) is 0 Å². The average Bonchev–Trinajstić information content (AvgIpc) is 2.87. The number of carbonyl (C=O) groups excluding carboxylic acids is 2. The van der Waals surface area contributed by atoms with E-state index in [0.29, 0.717) is 0 Å². The summed E-state index contributed by atoms with van der Waals surface area (Å²) in [7, 11) is 0. The maximum absolute atomic E-state index is 13.2. The first-order valence-electron chi connectivity index (χ1n) is 11.5. The van der Waals surface area contributed by atoms with Crippen molar-refractivity contribution in [2.24, 2.45) is 5.92 Å². The molecule has 0 saturated heterocycles. The second kappa shape index (κ2) is 12.4. The van der Waals surface area contributed by atoms with E-state index in [9.17, 15) is 19.5 Å². The van der Waals surface area contributed by atoms with Crippen LogP contribution in [0.25, 0.3) is 0 Å². The zero-order chi connectivity index (χ0) is 25.2. The highest BCUT2D eigenvalue weighted by Crippen LogP contribution is 2.28. The second-order valence-electron chi connectivity index (χ2n) is 8.55. The lowest BCUT2D eigenvalue weighted by Gasteiger charge is -2.29. The lowest BCUT2D eigenvalue weighted by atomic mass is 9.84. The minimum Gasteiger partial charge on any atom is -0.480 e. The molecule has 182 valence electrons. The molecular formula is C28H30N2O5. The molecule has 0 radical (unpaired) electrons. The Kier molecular flexibility index (Phi) is 9.01. The molecule has 3 aromatic carbocycles. The quantitative estimate of drug-likeness (QED) is 0.406. The molecule has 0 aliphatic rings. The van der Waals surface area contributed by atoms with E-state index in [2.05, 4.69) is 10.6 Å². The van der Waals surface area contributed by atoms with Crippen LogP contribution < -0.4 is 10.6 Å². The van der Waals surface area contributed by atoms with Crippen LogP contribution in [0.3, 0.4) is 0 Å². The largest absolute Gasteiger partial charge is 0.480 e. The van der Waals surface area contributed by atoms with Crippen molar-refractivity contribution < 1.29 is 24.2 Å². The number of benzene rings is 3. The lowest BCUT2D eigenvalue weighted by Crippen LogP contribution is -2.55. The monoisotopic (exact) mass is 474 g/mol. The molecule has 3 N–H and O–H groups in total. The van der Waals surface area contributed by atoms with Gasteiger partial charge in [0, 0.05) is 5.92 Å². The molecule has 3 aromatic rings. The number of alkyl carbamates (subject to hydrolysis) is 1. The molecule has 7 nitrogen and oxygen atoms in total. The van der Waals surface area contributed by atoms with E-state index >= 15 is 0 Å². The second-order valence-corrected chi connectivity index (χ2v) is 8.55. The Morgan fingerprint density at radius 2 is 1.23 bits per heavy atom. The number of amides is 2. The molecule has 7 heteroatoms. The summed E-state index contributed by atoms with van der Waals surface area (Å²) >= 11 is 0. The van der Waals surface area contributed by atoms with Crippen LogP contribution in [0.4, 0.5) is 4.79 Å². The van der Waals surface area contributed by atoms with Crippen LogP contribution in [0.5, 0.6) is 0 Å². The summed E-state index contributed by atoms with van der Waals surface area (Å²) in [5.41, 5.74) is 2.32. The summed E-state index contributed by atoms with van der Waals surface area (Å²) < 4.78 is 5.25. The average molecular weight is 475 g/mol. The van der Waals surface area contributed by atoms with Crippen molar-refractivity contribution in [1.82, 2.24) is 10.6 Å². The minimum atomic E-state index is -1.25. The first-order chi connectivity index (χ1) is 16.9. The Morgan fingerprint density at radius 3 is 1.69 bits per heavy atom. The number of carboxylic acids is 1. The SMILES string of the molecule is CC(C)[C@@H](NC(=O)OCc1ccccc1)C(=O)N[C@H](C(=O)O)C(c1ccccc1)c1ccccc1. The zero-order valence-corrected chi connectivity index (χ0v) is 19.8. The van der Waals surface area contributed by atoms with Crippen LogP contribution in [0.1, 0.15) is 36.5 Å². The van der Waals surface area contributed by atoms with Gasteiger partial charge in [0.05, 0.1) is 0 Å². The molecule has 0 aromatic heterocycles. The van der Waals surface area contributed by atoms with Crippen molar-refractivity contribution in [3.63, 3.8) is 0 Å². The minimum absolute atomic E-state index is 0.0565. The van der Waals surface area contributed by atoms with Crippen molar-refractivity contribution >= 4 is 18.0 Å². The Labute approximate surface area is 205 Å². The third-order valence-corrected chi connectivity index (χ3v) is 5.65. The van der Waals surface area contributed by atoms with Gasteiger partial charge in [-0.25, -0.2) is 9.59 Å². The van der Waals surface area contributed by atoms with Gasteiger partial charge in [-0.3, -0.25) is 4.79 Å². The highest BCUT2D eigenvalue weighted by molar-refractivity contribution is 5.90. The van der Waals surface area contributed by atoms with Crippen molar-refractivity contribution in [1.29, 1.82) is 0 Å². The molecule has 0 bridgehead atoms. The van der Waals surface area contributed by atoms with Gasteiger partial charge in [0.2, 0.25) is 5.91 Å². The van der Waals surface area contributed by atoms with Gasteiger partial charge in [0.25, 0.3) is 0 Å². The van der Waals surface area contributed by atoms with Crippen LogP contribution in [-0.2, 0) is 20.9 Å². The number of carbonyl (C=O) groups is 3. The predicted octanol–water partition coefficient (Wildman–Crippen LogP) is 4.34. The summed E-state index contributed by atoms with van der Waals surface area (Å²) in [6, 6.07) is 25.3. The van der Waals surface area contributed by atoms with E-state index < -0.39 is 36.0 Å². The zero-order valence-electron chi connectivity index (χ0n) is 19.8. The first kappa shape index (κ1) is 25.5. The first-order valence-corrected chi connectivity index (χ1v) is 11.5. The fourth-order valence-electron chi connectivity index (χ4n) is 3.86. The van der Waals surface area contributed by atoms with Gasteiger partial charge in [0.15, 0.2) is 0 Å². The molecule has 0 aliphatic heterocycles. The van der Waals surface area contributed by atoms with Crippen LogP contribution in [0.2, 0.25) is 0 Å². The fraction of sp³-hybridized carbons (Fsp3) is 0.250. The smallest absolute Gasteiger partial charge is 0.408 e. The van der Waals surface area contributed by atoms with Gasteiger partial charge in [-0.05, 0) is 22.6 Å². The molecule has 0 fully saturated rings. The third kappa shape index (κ3) is 7.17. The fourth-order valence-corrected chi connectivity index (χ4v) is 3.86. The van der Waals surface area contributed by atoms with E-state index in [0.717, 1.165) is 16.7 Å². The number of ether oxygens (including phenoxy) is 1. The highest BCUT2D eigenvalue weighted by Gasteiger charge is 2.35. The van der Waals surface area contributed by atoms with Gasteiger partial charge in [-0.1, -0.05) is 105 Å². The molecule has 0 aliphatic carbocycles. The van der Waals surface area contributed by atoms with Crippen molar-refractivity contribution in [3.05, 3.63) is 108 Å². The van der Waals surface area contributed by atoms with Crippen LogP contribution in [0, 0.1) is 5.92 Å². The number of nitrogens with one attached hydrogen (secondary N) is 2. The molecule has 0 saturated carbocycles. The summed E-state index contributed by atoms with van der Waals surface area (Å²) in [5, 5.41) is 15.3. The summed E-state index contributed by atoms with van der Waals surface area (Å²) in [4.78, 5) is 38.0. The predicted molar refractivity (Wildman–Crippen MR) is 133 cm³/mol. The van der Waals surface area contributed by atoms with Gasteiger partial charge in [-0.15, -0.1) is 0 Å². The van der Waals surface area contributed by atoms with E-state index in [1.54, 1.807) is 13.8 Å². The molecule has 0 spiro atoms.